The number of anilines is 2. The van der Waals surface area contributed by atoms with Crippen LogP contribution < -0.4 is 11.1 Å². The molecule has 0 spiro atoms. The number of nitrogens with one attached hydrogen (secondary N) is 1. The second-order valence-corrected chi connectivity index (χ2v) is 7.97. The highest BCUT2D eigenvalue weighted by Gasteiger charge is 2.20. The van der Waals surface area contributed by atoms with Gasteiger partial charge in [0.2, 0.25) is 5.82 Å². The van der Waals surface area contributed by atoms with Crippen LogP contribution >= 0.6 is 0 Å². The molecular formula is C26H23N5O. The molecule has 0 radical (unpaired) electrons. The van der Waals surface area contributed by atoms with E-state index in [1.807, 2.05) is 74.5 Å². The standard InChI is InChI=1S/C26H23N5O/c1-16-12-13-19(14-17(16)2)28-26(32)24-29-23(27)22-20-10-6-7-11-21(20)31(25(22)30-24)15-18-8-4-3-5-9-18/h3-14H,15H2,1-2H3,(H,28,32)(H2,27,29,30). The van der Waals surface area contributed by atoms with Crippen LogP contribution in [-0.2, 0) is 6.54 Å². The molecule has 5 aromatic rings. The van der Waals surface area contributed by atoms with Crippen molar-refractivity contribution in [3.05, 3.63) is 95.3 Å². The predicted octanol–water partition coefficient (Wildman–Crippen LogP) is 5.08. The average Bonchev–Trinajstić information content (AvgIpc) is 3.11. The molecular weight excluding hydrogens is 398 g/mol. The Morgan fingerprint density at radius 2 is 1.69 bits per heavy atom. The number of carbonyl (C=O) groups is 1. The molecule has 32 heavy (non-hydrogen) atoms. The largest absolute Gasteiger partial charge is 0.383 e. The third-order valence-electron chi connectivity index (χ3n) is 5.79. The van der Waals surface area contributed by atoms with Gasteiger partial charge in [-0.05, 0) is 48.7 Å². The molecule has 1 amide bonds. The van der Waals surface area contributed by atoms with E-state index in [1.54, 1.807) is 0 Å². The predicted molar refractivity (Wildman–Crippen MR) is 129 cm³/mol. The van der Waals surface area contributed by atoms with Crippen LogP contribution in [0.3, 0.4) is 0 Å². The maximum atomic E-state index is 13.0. The van der Waals surface area contributed by atoms with Gasteiger partial charge in [-0.3, -0.25) is 4.79 Å². The molecule has 0 saturated heterocycles. The smallest absolute Gasteiger partial charge is 0.293 e. The summed E-state index contributed by atoms with van der Waals surface area (Å²) in [7, 11) is 0. The van der Waals surface area contributed by atoms with Gasteiger partial charge in [0.1, 0.15) is 11.5 Å². The highest BCUT2D eigenvalue weighted by atomic mass is 16.2. The van der Waals surface area contributed by atoms with E-state index in [4.69, 9.17) is 5.73 Å². The van der Waals surface area contributed by atoms with Crippen LogP contribution in [0, 0.1) is 13.8 Å². The van der Waals surface area contributed by atoms with Crippen LogP contribution in [0.2, 0.25) is 0 Å². The molecule has 158 valence electrons. The number of hydrogen-bond acceptors (Lipinski definition) is 4. The Morgan fingerprint density at radius 1 is 0.938 bits per heavy atom. The summed E-state index contributed by atoms with van der Waals surface area (Å²) in [5.74, 6) is -0.0491. The zero-order chi connectivity index (χ0) is 22.2. The molecule has 2 heterocycles. The first-order valence-corrected chi connectivity index (χ1v) is 10.5. The third kappa shape index (κ3) is 3.46. The molecule has 6 heteroatoms. The fraction of sp³-hybridized carbons (Fsp3) is 0.115. The van der Waals surface area contributed by atoms with Gasteiger partial charge < -0.3 is 15.6 Å². The first-order chi connectivity index (χ1) is 15.5. The lowest BCUT2D eigenvalue weighted by Crippen LogP contribution is -2.17. The number of aryl methyl sites for hydroxylation is 2. The van der Waals surface area contributed by atoms with Gasteiger partial charge in [-0.25, -0.2) is 9.97 Å². The fourth-order valence-electron chi connectivity index (χ4n) is 3.99. The maximum absolute atomic E-state index is 13.0. The normalized spacial score (nSPS) is 11.2. The summed E-state index contributed by atoms with van der Waals surface area (Å²) in [5.41, 5.74) is 12.1. The second kappa shape index (κ2) is 7.81. The summed E-state index contributed by atoms with van der Waals surface area (Å²) in [6, 6.07) is 23.9. The van der Waals surface area contributed by atoms with Gasteiger partial charge in [0, 0.05) is 17.6 Å². The van der Waals surface area contributed by atoms with Gasteiger partial charge in [0.05, 0.1) is 10.9 Å². The van der Waals surface area contributed by atoms with Gasteiger partial charge in [-0.15, -0.1) is 0 Å². The Kier molecular flexibility index (Phi) is 4.82. The molecule has 0 saturated carbocycles. The van der Waals surface area contributed by atoms with Crippen LogP contribution in [0.15, 0.2) is 72.8 Å². The van der Waals surface area contributed by atoms with E-state index >= 15 is 0 Å². The second-order valence-electron chi connectivity index (χ2n) is 7.97. The van der Waals surface area contributed by atoms with E-state index in [0.29, 0.717) is 23.7 Å². The maximum Gasteiger partial charge on any atom is 0.293 e. The number of aromatic nitrogens is 3. The zero-order valence-corrected chi connectivity index (χ0v) is 18.0. The van der Waals surface area contributed by atoms with Gasteiger partial charge in [0.15, 0.2) is 0 Å². The number of para-hydroxylation sites is 1. The van der Waals surface area contributed by atoms with E-state index in [-0.39, 0.29) is 5.82 Å². The van der Waals surface area contributed by atoms with E-state index in [0.717, 1.165) is 33.0 Å². The van der Waals surface area contributed by atoms with Crippen molar-refractivity contribution in [3.63, 3.8) is 0 Å². The summed E-state index contributed by atoms with van der Waals surface area (Å²) in [6.07, 6.45) is 0. The average molecular weight is 422 g/mol. The molecule has 0 aliphatic rings. The van der Waals surface area contributed by atoms with Crippen molar-refractivity contribution in [2.24, 2.45) is 0 Å². The number of nitrogen functional groups attached to an aromatic ring is 1. The fourth-order valence-corrected chi connectivity index (χ4v) is 3.99. The van der Waals surface area contributed by atoms with Crippen molar-refractivity contribution in [1.29, 1.82) is 0 Å². The monoisotopic (exact) mass is 421 g/mol. The number of fused-ring (bicyclic) bond motifs is 3. The van der Waals surface area contributed by atoms with Crippen LogP contribution in [0.5, 0.6) is 0 Å². The minimum absolute atomic E-state index is 0.0466. The molecule has 3 aromatic carbocycles. The molecule has 0 bridgehead atoms. The number of nitrogens with zero attached hydrogens (tertiary/aromatic N) is 3. The number of rotatable bonds is 4. The van der Waals surface area contributed by atoms with E-state index in [1.165, 1.54) is 0 Å². The number of hydrogen-bond donors (Lipinski definition) is 2. The van der Waals surface area contributed by atoms with Crippen LogP contribution in [-0.4, -0.2) is 20.4 Å². The quantitative estimate of drug-likeness (QED) is 0.423. The Morgan fingerprint density at radius 3 is 2.47 bits per heavy atom. The van der Waals surface area contributed by atoms with Crippen molar-refractivity contribution in [3.8, 4) is 0 Å². The van der Waals surface area contributed by atoms with Crippen molar-refractivity contribution >= 4 is 39.3 Å². The topological polar surface area (TPSA) is 85.8 Å². The van der Waals surface area contributed by atoms with Gasteiger partial charge in [0.25, 0.3) is 5.91 Å². The van der Waals surface area contributed by atoms with Crippen LogP contribution in [0.25, 0.3) is 21.9 Å². The first-order valence-electron chi connectivity index (χ1n) is 10.5. The van der Waals surface area contributed by atoms with E-state index in [2.05, 4.69) is 32.0 Å². The zero-order valence-electron chi connectivity index (χ0n) is 18.0. The van der Waals surface area contributed by atoms with Crippen molar-refractivity contribution in [2.75, 3.05) is 11.1 Å². The number of benzene rings is 3. The van der Waals surface area contributed by atoms with Gasteiger partial charge in [-0.1, -0.05) is 54.6 Å². The lowest BCUT2D eigenvalue weighted by atomic mass is 10.1. The summed E-state index contributed by atoms with van der Waals surface area (Å²) >= 11 is 0. The molecule has 0 aliphatic carbocycles. The minimum atomic E-state index is -0.390. The summed E-state index contributed by atoms with van der Waals surface area (Å²) in [4.78, 5) is 22.0. The summed E-state index contributed by atoms with van der Waals surface area (Å²) in [5, 5.41) is 4.63. The number of carbonyl (C=O) groups excluding carboxylic acids is 1. The SMILES string of the molecule is Cc1ccc(NC(=O)c2nc(N)c3c4ccccc4n(Cc4ccccc4)c3n2)cc1C. The van der Waals surface area contributed by atoms with Crippen molar-refractivity contribution in [1.82, 2.24) is 14.5 Å². The molecule has 0 aliphatic heterocycles. The molecule has 5 rings (SSSR count). The Bertz CT molecular complexity index is 1470. The summed E-state index contributed by atoms with van der Waals surface area (Å²) < 4.78 is 2.09. The summed E-state index contributed by atoms with van der Waals surface area (Å²) in [6.45, 7) is 4.65. The molecule has 6 nitrogen and oxygen atoms in total. The van der Waals surface area contributed by atoms with Gasteiger partial charge in [-0.2, -0.15) is 0 Å². The number of amides is 1. The lowest BCUT2D eigenvalue weighted by molar-refractivity contribution is 0.101. The van der Waals surface area contributed by atoms with Gasteiger partial charge >= 0.3 is 0 Å². The minimum Gasteiger partial charge on any atom is -0.383 e. The Balaban J connectivity index is 1.62. The van der Waals surface area contributed by atoms with Crippen LogP contribution in [0.4, 0.5) is 11.5 Å². The van der Waals surface area contributed by atoms with E-state index < -0.39 is 5.91 Å². The Hall–Kier alpha value is -4.19. The van der Waals surface area contributed by atoms with Crippen LogP contribution in [0.1, 0.15) is 27.3 Å². The lowest BCUT2D eigenvalue weighted by Gasteiger charge is -2.10. The highest BCUT2D eigenvalue weighted by molar-refractivity contribution is 6.13. The molecule has 2 aromatic heterocycles. The van der Waals surface area contributed by atoms with Crippen molar-refractivity contribution in [2.45, 2.75) is 20.4 Å². The number of nitrogens with two attached hydrogens (primary N) is 1. The molecule has 0 fully saturated rings. The molecule has 3 N–H and O–H groups in total. The highest BCUT2D eigenvalue weighted by Crippen LogP contribution is 2.32. The Labute approximate surface area is 185 Å². The molecule has 0 atom stereocenters. The van der Waals surface area contributed by atoms with Crippen molar-refractivity contribution < 1.29 is 4.79 Å². The first kappa shape index (κ1) is 19.8. The molecule has 0 unspecified atom stereocenters. The third-order valence-corrected chi connectivity index (χ3v) is 5.79. The van der Waals surface area contributed by atoms with E-state index in [9.17, 15) is 4.79 Å².